The Kier molecular flexibility index (Phi) is 15.7. The van der Waals surface area contributed by atoms with Crippen molar-refractivity contribution in [1.82, 2.24) is 0 Å². The van der Waals surface area contributed by atoms with E-state index in [0.717, 1.165) is 0 Å². The van der Waals surface area contributed by atoms with E-state index in [1.54, 1.807) is 0 Å². The van der Waals surface area contributed by atoms with Crippen molar-refractivity contribution in [2.45, 2.75) is 0 Å². The number of rotatable bonds is 0. The summed E-state index contributed by atoms with van der Waals surface area (Å²) in [7, 11) is -5.39. The minimum atomic E-state index is -5.39. The molecule has 0 unspecified atom stereocenters. The van der Waals surface area contributed by atoms with Crippen molar-refractivity contribution >= 4 is 83.3 Å². The van der Waals surface area contributed by atoms with E-state index in [0.29, 0.717) is 0 Å². The summed E-state index contributed by atoms with van der Waals surface area (Å²) in [6, 6.07) is 0. The van der Waals surface area contributed by atoms with Crippen molar-refractivity contribution in [1.29, 1.82) is 0 Å². The van der Waals surface area contributed by atoms with Crippen molar-refractivity contribution in [2.75, 3.05) is 0 Å². The smallest absolute Gasteiger partial charge is 0.822 e. The first-order valence-corrected chi connectivity index (χ1v) is 2.19. The van der Waals surface area contributed by atoms with Gasteiger partial charge in [-0.25, -0.2) is 0 Å². The van der Waals surface area contributed by atoms with E-state index in [2.05, 4.69) is 0 Å². The number of hydrogen-bond donors (Lipinski definition) is 0. The van der Waals surface area contributed by atoms with Crippen molar-refractivity contribution in [3.63, 3.8) is 0 Å². The van der Waals surface area contributed by atoms with Crippen molar-refractivity contribution < 1.29 is 19.2 Å². The van der Waals surface area contributed by atoms with Gasteiger partial charge in [-0.1, -0.05) is 0 Å². The van der Waals surface area contributed by atoms with Gasteiger partial charge in [0.15, 0.2) is 0 Å². The third-order valence-corrected chi connectivity index (χ3v) is 0. The summed E-state index contributed by atoms with van der Waals surface area (Å²) in [4.78, 5) is 25.6. The molecule has 0 rings (SSSR count). The van der Waals surface area contributed by atoms with Gasteiger partial charge in [-0.05, 0) is 0 Å². The summed E-state index contributed by atoms with van der Waals surface area (Å²) in [5.74, 6) is 0. The number of hydrogen-bond acceptors (Lipinski definition) is 4. The molecule has 0 bridgehead atoms. The molecule has 32 valence electrons. The molecule has 0 spiro atoms. The normalized spacial score (nSPS) is 8.43. The van der Waals surface area contributed by atoms with Crippen LogP contribution in [0.3, 0.4) is 0 Å². The van der Waals surface area contributed by atoms with Crippen LogP contribution in [0.5, 0.6) is 0 Å². The van der Waals surface area contributed by atoms with E-state index in [4.69, 9.17) is 19.2 Å². The Morgan fingerprint density at radius 3 is 1.00 bits per heavy atom. The Hall–Kier alpha value is 2.63. The fourth-order valence-electron chi connectivity index (χ4n) is 0. The van der Waals surface area contributed by atoms with Gasteiger partial charge < -0.3 is 19.2 Å². The second-order valence-electron chi connectivity index (χ2n) is 0.447. The second-order valence-corrected chi connectivity index (χ2v) is 1.34. The number of phosphoric acid groups is 1. The summed E-state index contributed by atoms with van der Waals surface area (Å²) in [5.41, 5.74) is 0. The molecule has 0 aliphatic carbocycles. The van der Waals surface area contributed by atoms with Gasteiger partial charge in [0.1, 0.15) is 0 Å². The van der Waals surface area contributed by atoms with Gasteiger partial charge >= 0.3 is 75.5 Å². The maximum atomic E-state index is 8.55. The molecular formula is Ca2O4P+. The van der Waals surface area contributed by atoms with Crippen molar-refractivity contribution in [2.24, 2.45) is 0 Å². The third-order valence-electron chi connectivity index (χ3n) is 0. The second kappa shape index (κ2) is 6.75. The zero-order valence-electron chi connectivity index (χ0n) is 3.49. The summed E-state index contributed by atoms with van der Waals surface area (Å²) in [5, 5.41) is 0. The molecule has 0 aliphatic heterocycles. The summed E-state index contributed by atoms with van der Waals surface area (Å²) in [6.07, 6.45) is 0. The van der Waals surface area contributed by atoms with E-state index < -0.39 is 7.82 Å². The maximum Gasteiger partial charge on any atom is 2.00 e. The predicted octanol–water partition coefficient (Wildman–Crippen LogP) is -3.59. The minimum Gasteiger partial charge on any atom is -0.822 e. The van der Waals surface area contributed by atoms with Crippen LogP contribution in [0.15, 0.2) is 0 Å². The molecule has 0 N–H and O–H groups in total. The molecular weight excluding hydrogens is 175 g/mol. The van der Waals surface area contributed by atoms with Crippen molar-refractivity contribution in [3.05, 3.63) is 0 Å². The molecule has 0 atom stereocenters. The first-order chi connectivity index (χ1) is 2.00. The van der Waals surface area contributed by atoms with Gasteiger partial charge in [0.05, 0.1) is 0 Å². The Bertz CT molecular complexity index is 55.8. The first-order valence-electron chi connectivity index (χ1n) is 0.730. The zero-order valence-corrected chi connectivity index (χ0v) is 8.81. The molecule has 0 saturated heterocycles. The molecule has 0 radical (unpaired) electrons. The third kappa shape index (κ3) is 54.9. The molecule has 0 aromatic rings. The predicted molar refractivity (Wildman–Crippen MR) is 19.1 cm³/mol. The Morgan fingerprint density at radius 1 is 1.00 bits per heavy atom. The van der Waals surface area contributed by atoms with Crippen LogP contribution in [-0.4, -0.2) is 75.5 Å². The summed E-state index contributed by atoms with van der Waals surface area (Å²) in [6.45, 7) is 0. The molecule has 0 aromatic carbocycles. The van der Waals surface area contributed by atoms with E-state index in [9.17, 15) is 0 Å². The largest absolute Gasteiger partial charge is 2.00 e. The van der Waals surface area contributed by atoms with Crippen LogP contribution in [0.2, 0.25) is 0 Å². The molecule has 0 amide bonds. The zero-order chi connectivity index (χ0) is 4.50. The Balaban J connectivity index is -0.0000000800. The average Bonchev–Trinajstić information content (AvgIpc) is 0.722. The standard InChI is InChI=1S/2Ca.H3O4P/c;;1-5(2,3)4/h;;(H3,1,2,3,4)/q2*+2;/p-3. The molecule has 7 heavy (non-hydrogen) atoms. The molecule has 0 heterocycles. The average molecular weight is 175 g/mol. The van der Waals surface area contributed by atoms with E-state index in [1.165, 1.54) is 0 Å². The van der Waals surface area contributed by atoms with Crippen LogP contribution in [0.4, 0.5) is 0 Å². The molecule has 0 aliphatic rings. The SMILES string of the molecule is O=P([O-])([O-])[O-].[Ca+2].[Ca+2]. The Labute approximate surface area is 101 Å². The van der Waals surface area contributed by atoms with Gasteiger partial charge in [0, 0.05) is 0 Å². The van der Waals surface area contributed by atoms with Crippen LogP contribution in [0.1, 0.15) is 0 Å². The van der Waals surface area contributed by atoms with Crippen LogP contribution in [0, 0.1) is 0 Å². The van der Waals surface area contributed by atoms with Gasteiger partial charge in [0.25, 0.3) is 0 Å². The van der Waals surface area contributed by atoms with Gasteiger partial charge in [-0.2, -0.15) is 7.82 Å². The molecule has 0 fully saturated rings. The Morgan fingerprint density at radius 2 is 1.00 bits per heavy atom. The molecule has 0 saturated carbocycles. The van der Waals surface area contributed by atoms with E-state index in [1.807, 2.05) is 0 Å². The van der Waals surface area contributed by atoms with Crippen LogP contribution < -0.4 is 14.7 Å². The fraction of sp³-hybridized carbons (Fsp3) is 0. The van der Waals surface area contributed by atoms with Crippen LogP contribution in [-0.2, 0) is 4.57 Å². The minimum absolute atomic E-state index is 0. The molecule has 7 heteroatoms. The monoisotopic (exact) mass is 175 g/mol. The summed E-state index contributed by atoms with van der Waals surface area (Å²) < 4.78 is 8.55. The fourth-order valence-corrected chi connectivity index (χ4v) is 0. The maximum absolute atomic E-state index is 8.55. The van der Waals surface area contributed by atoms with Gasteiger partial charge in [0.2, 0.25) is 0 Å². The molecule has 0 aromatic heterocycles. The van der Waals surface area contributed by atoms with Gasteiger partial charge in [-0.3, -0.25) is 0 Å². The molecule has 4 nitrogen and oxygen atoms in total. The van der Waals surface area contributed by atoms with Crippen molar-refractivity contribution in [3.8, 4) is 0 Å². The van der Waals surface area contributed by atoms with E-state index >= 15 is 0 Å². The first kappa shape index (κ1) is 16.3. The van der Waals surface area contributed by atoms with Gasteiger partial charge in [-0.15, -0.1) is 0 Å². The quantitative estimate of drug-likeness (QED) is 0.281. The summed E-state index contributed by atoms with van der Waals surface area (Å²) >= 11 is 0. The van der Waals surface area contributed by atoms with Crippen LogP contribution in [0.25, 0.3) is 0 Å². The van der Waals surface area contributed by atoms with Crippen LogP contribution >= 0.6 is 7.82 Å². The van der Waals surface area contributed by atoms with E-state index in [-0.39, 0.29) is 75.5 Å². The topological polar surface area (TPSA) is 86.2 Å².